The van der Waals surface area contributed by atoms with Crippen molar-refractivity contribution < 1.29 is 31.1 Å². The highest BCUT2D eigenvalue weighted by Crippen LogP contribution is 2.39. The molecule has 0 radical (unpaired) electrons. The SMILES string of the molecule is CN(C(=O)CCC1CCN(c2ncc(C(F)(F)F)cn2)CC1)[C@@H]1CCc2c1n[nH]c(=O)c2C(F)(F)F. The molecule has 1 atom stereocenters. The van der Waals surface area contributed by atoms with Crippen molar-refractivity contribution in [3.8, 4) is 0 Å². The zero-order chi connectivity index (χ0) is 26.3. The number of nitrogens with zero attached hydrogens (tertiary/aromatic N) is 5. The molecule has 3 heterocycles. The van der Waals surface area contributed by atoms with Gasteiger partial charge in [-0.1, -0.05) is 0 Å². The Balaban J connectivity index is 1.31. The van der Waals surface area contributed by atoms with Crippen LogP contribution in [0.1, 0.15) is 60.5 Å². The molecule has 2 aromatic rings. The Bertz CT molecular complexity index is 1160. The van der Waals surface area contributed by atoms with Crippen LogP contribution in [0.3, 0.4) is 0 Å². The second-order valence-corrected chi connectivity index (χ2v) is 9.09. The van der Waals surface area contributed by atoms with E-state index in [4.69, 9.17) is 0 Å². The third-order valence-corrected chi connectivity index (χ3v) is 6.87. The zero-order valence-corrected chi connectivity index (χ0v) is 19.3. The maximum Gasteiger partial charge on any atom is 0.422 e. The predicted molar refractivity (Wildman–Crippen MR) is 115 cm³/mol. The van der Waals surface area contributed by atoms with E-state index < -0.39 is 35.1 Å². The molecule has 1 fully saturated rings. The number of fused-ring (bicyclic) bond motifs is 1. The summed E-state index contributed by atoms with van der Waals surface area (Å²) < 4.78 is 78.1. The lowest BCUT2D eigenvalue weighted by atomic mass is 9.92. The minimum Gasteiger partial charge on any atom is -0.341 e. The number of halogens is 6. The number of aromatic nitrogens is 4. The molecule has 1 aliphatic carbocycles. The first-order valence-electron chi connectivity index (χ1n) is 11.4. The number of anilines is 1. The molecule has 0 unspecified atom stereocenters. The van der Waals surface area contributed by atoms with E-state index in [1.165, 1.54) is 11.9 Å². The summed E-state index contributed by atoms with van der Waals surface area (Å²) in [5.74, 6) is 0.194. The molecule has 1 saturated heterocycles. The Kier molecular flexibility index (Phi) is 6.97. The summed E-state index contributed by atoms with van der Waals surface area (Å²) in [6.45, 7) is 1.07. The fourth-order valence-corrected chi connectivity index (χ4v) is 4.85. The van der Waals surface area contributed by atoms with Gasteiger partial charge in [-0.05, 0) is 43.6 Å². The number of carbonyl (C=O) groups is 1. The summed E-state index contributed by atoms with van der Waals surface area (Å²) in [4.78, 5) is 35.3. The van der Waals surface area contributed by atoms with Crippen molar-refractivity contribution in [2.24, 2.45) is 5.92 Å². The fraction of sp³-hybridized carbons (Fsp3) is 0.591. The molecule has 1 N–H and O–H groups in total. The standard InChI is InChI=1S/C22H24F6N6O2/c1-33(15-4-3-14-17(22(26,27)28)19(36)32-31-18(14)15)16(35)5-2-12-6-8-34(9-7-12)20-29-10-13(11-30-20)21(23,24)25/h10-12,15H,2-9H2,1H3,(H,32,36)/t15-/m1/s1. The minimum atomic E-state index is -4.81. The smallest absolute Gasteiger partial charge is 0.341 e. The van der Waals surface area contributed by atoms with Crippen LogP contribution in [-0.4, -0.2) is 51.1 Å². The second kappa shape index (κ2) is 9.69. The summed E-state index contributed by atoms with van der Waals surface area (Å²) in [7, 11) is 1.52. The molecule has 0 spiro atoms. The molecule has 2 aliphatic rings. The van der Waals surface area contributed by atoms with E-state index in [2.05, 4.69) is 15.1 Å². The van der Waals surface area contributed by atoms with Crippen molar-refractivity contribution in [2.75, 3.05) is 25.0 Å². The summed E-state index contributed by atoms with van der Waals surface area (Å²) in [5, 5.41) is 5.72. The fourth-order valence-electron chi connectivity index (χ4n) is 4.85. The number of rotatable bonds is 5. The average Bonchev–Trinajstić information content (AvgIpc) is 3.24. The number of H-pyrrole nitrogens is 1. The Hall–Kier alpha value is -3.19. The molecular weight excluding hydrogens is 494 g/mol. The monoisotopic (exact) mass is 518 g/mol. The van der Waals surface area contributed by atoms with Gasteiger partial charge >= 0.3 is 12.4 Å². The molecule has 36 heavy (non-hydrogen) atoms. The van der Waals surface area contributed by atoms with Gasteiger partial charge in [0.25, 0.3) is 5.56 Å². The lowest BCUT2D eigenvalue weighted by molar-refractivity contribution is -0.139. The molecular formula is C22H24F6N6O2. The first kappa shape index (κ1) is 25.9. The normalized spacial score (nSPS) is 18.9. The minimum absolute atomic E-state index is 0.00780. The van der Waals surface area contributed by atoms with Crippen LogP contribution in [0.2, 0.25) is 0 Å². The van der Waals surface area contributed by atoms with Gasteiger partial charge in [-0.15, -0.1) is 0 Å². The van der Waals surface area contributed by atoms with Gasteiger partial charge in [0.1, 0.15) is 5.56 Å². The Morgan fingerprint density at radius 3 is 2.31 bits per heavy atom. The van der Waals surface area contributed by atoms with E-state index >= 15 is 0 Å². The molecule has 0 aromatic carbocycles. The number of carbonyl (C=O) groups excluding carboxylic acids is 1. The Morgan fingerprint density at radius 2 is 1.72 bits per heavy atom. The number of piperidine rings is 1. The van der Waals surface area contributed by atoms with Gasteiger partial charge in [0.05, 0.1) is 17.3 Å². The van der Waals surface area contributed by atoms with E-state index in [9.17, 15) is 35.9 Å². The third kappa shape index (κ3) is 5.31. The molecule has 196 valence electrons. The Labute approximate surface area is 201 Å². The van der Waals surface area contributed by atoms with Crippen LogP contribution < -0.4 is 10.5 Å². The van der Waals surface area contributed by atoms with E-state index in [0.717, 1.165) is 12.4 Å². The van der Waals surface area contributed by atoms with Crippen LogP contribution in [0.15, 0.2) is 17.2 Å². The number of hydrogen-bond acceptors (Lipinski definition) is 6. The van der Waals surface area contributed by atoms with Crippen molar-refractivity contribution in [2.45, 2.75) is 56.9 Å². The number of amides is 1. The molecule has 14 heteroatoms. The summed E-state index contributed by atoms with van der Waals surface area (Å²) >= 11 is 0. The van der Waals surface area contributed by atoms with Gasteiger partial charge in [0.2, 0.25) is 11.9 Å². The lowest BCUT2D eigenvalue weighted by Crippen LogP contribution is -2.36. The summed E-state index contributed by atoms with van der Waals surface area (Å²) in [5.41, 5.74) is -3.54. The van der Waals surface area contributed by atoms with E-state index in [1.54, 1.807) is 4.90 Å². The van der Waals surface area contributed by atoms with Gasteiger partial charge in [-0.2, -0.15) is 31.4 Å². The average molecular weight is 518 g/mol. The highest BCUT2D eigenvalue weighted by Gasteiger charge is 2.42. The number of alkyl halides is 6. The maximum atomic E-state index is 13.3. The lowest BCUT2D eigenvalue weighted by Gasteiger charge is -2.32. The number of nitrogens with one attached hydrogen (secondary N) is 1. The quantitative estimate of drug-likeness (QED) is 0.607. The van der Waals surface area contributed by atoms with Crippen molar-refractivity contribution >= 4 is 11.9 Å². The first-order chi connectivity index (χ1) is 16.9. The third-order valence-electron chi connectivity index (χ3n) is 6.87. The topological polar surface area (TPSA) is 95.1 Å². The van der Waals surface area contributed by atoms with E-state index in [-0.39, 0.29) is 48.3 Å². The van der Waals surface area contributed by atoms with Gasteiger partial charge in [-0.25, -0.2) is 15.1 Å². The Morgan fingerprint density at radius 1 is 1.08 bits per heavy atom. The van der Waals surface area contributed by atoms with Gasteiger partial charge in [0, 0.05) is 39.0 Å². The highest BCUT2D eigenvalue weighted by molar-refractivity contribution is 5.76. The molecule has 0 bridgehead atoms. The van der Waals surface area contributed by atoms with E-state index in [1.807, 2.05) is 5.10 Å². The van der Waals surface area contributed by atoms with Crippen molar-refractivity contribution in [3.63, 3.8) is 0 Å². The van der Waals surface area contributed by atoms with Crippen LogP contribution in [0, 0.1) is 5.92 Å². The van der Waals surface area contributed by atoms with Crippen LogP contribution >= 0.6 is 0 Å². The van der Waals surface area contributed by atoms with Gasteiger partial charge in [0.15, 0.2) is 0 Å². The van der Waals surface area contributed by atoms with Crippen molar-refractivity contribution in [3.05, 3.63) is 45.1 Å². The van der Waals surface area contributed by atoms with Crippen molar-refractivity contribution in [1.29, 1.82) is 0 Å². The number of hydrogen-bond donors (Lipinski definition) is 1. The van der Waals surface area contributed by atoms with Crippen LogP contribution in [0.25, 0.3) is 0 Å². The second-order valence-electron chi connectivity index (χ2n) is 9.09. The summed E-state index contributed by atoms with van der Waals surface area (Å²) in [6.07, 6.45) is -5.38. The van der Waals surface area contributed by atoms with Crippen LogP contribution in [0.5, 0.6) is 0 Å². The first-order valence-corrected chi connectivity index (χ1v) is 11.4. The zero-order valence-electron chi connectivity index (χ0n) is 19.3. The van der Waals surface area contributed by atoms with Crippen molar-refractivity contribution in [1.82, 2.24) is 25.1 Å². The largest absolute Gasteiger partial charge is 0.422 e. The van der Waals surface area contributed by atoms with Gasteiger partial charge in [-0.3, -0.25) is 9.59 Å². The predicted octanol–water partition coefficient (Wildman–Crippen LogP) is 3.74. The number of aromatic amines is 1. The molecule has 1 aliphatic heterocycles. The molecule has 2 aromatic heterocycles. The molecule has 8 nitrogen and oxygen atoms in total. The maximum absolute atomic E-state index is 13.3. The molecule has 1 amide bonds. The molecule has 4 rings (SSSR count). The highest BCUT2D eigenvalue weighted by atomic mass is 19.4. The van der Waals surface area contributed by atoms with E-state index in [0.29, 0.717) is 32.4 Å². The molecule has 0 saturated carbocycles. The summed E-state index contributed by atoms with van der Waals surface area (Å²) in [6, 6.07) is -0.649. The van der Waals surface area contributed by atoms with Crippen LogP contribution in [-0.2, 0) is 23.6 Å². The van der Waals surface area contributed by atoms with Gasteiger partial charge < -0.3 is 9.80 Å². The van der Waals surface area contributed by atoms with Crippen LogP contribution in [0.4, 0.5) is 32.3 Å².